The van der Waals surface area contributed by atoms with Crippen LogP contribution in [0, 0.1) is 0 Å². The van der Waals surface area contributed by atoms with Crippen LogP contribution in [0.4, 0.5) is 0 Å². The second-order valence-electron chi connectivity index (χ2n) is 5.49. The Bertz CT molecular complexity index is 718. The van der Waals surface area contributed by atoms with Crippen molar-refractivity contribution in [2.45, 2.75) is 0 Å². The Balaban J connectivity index is 1.61. The average molecular weight is 333 g/mol. The Morgan fingerprint density at radius 2 is 1.48 bits per heavy atom. The van der Waals surface area contributed by atoms with Gasteiger partial charge < -0.3 is 9.80 Å². The number of rotatable bonds is 2. The van der Waals surface area contributed by atoms with Crippen molar-refractivity contribution in [3.63, 3.8) is 0 Å². The summed E-state index contributed by atoms with van der Waals surface area (Å²) < 4.78 is 1.60. The molecule has 6 nitrogen and oxygen atoms in total. The molecule has 7 heteroatoms. The SMILES string of the molecule is Cn1cc(C(=O)N2CCN(C(=O)c3ccc(Cl)cc3)CC2)cn1. The molecule has 1 fully saturated rings. The van der Waals surface area contributed by atoms with E-state index in [9.17, 15) is 9.59 Å². The fourth-order valence-corrected chi connectivity index (χ4v) is 2.73. The summed E-state index contributed by atoms with van der Waals surface area (Å²) in [6.07, 6.45) is 3.27. The zero-order valence-corrected chi connectivity index (χ0v) is 13.5. The van der Waals surface area contributed by atoms with Crippen molar-refractivity contribution >= 4 is 23.4 Å². The molecule has 2 heterocycles. The first-order chi connectivity index (χ1) is 11.0. The van der Waals surface area contributed by atoms with E-state index in [1.165, 1.54) is 0 Å². The molecule has 0 saturated carbocycles. The second-order valence-corrected chi connectivity index (χ2v) is 5.93. The van der Waals surface area contributed by atoms with Crippen LogP contribution in [0.1, 0.15) is 20.7 Å². The highest BCUT2D eigenvalue weighted by atomic mass is 35.5. The van der Waals surface area contributed by atoms with E-state index in [1.807, 2.05) is 0 Å². The molecular formula is C16H17ClN4O2. The minimum Gasteiger partial charge on any atom is -0.335 e. The molecule has 23 heavy (non-hydrogen) atoms. The summed E-state index contributed by atoms with van der Waals surface area (Å²) in [5, 5.41) is 4.62. The number of aryl methyl sites for hydroxylation is 1. The predicted molar refractivity (Wildman–Crippen MR) is 86.5 cm³/mol. The quantitative estimate of drug-likeness (QED) is 0.840. The number of carbonyl (C=O) groups is 2. The van der Waals surface area contributed by atoms with Crippen molar-refractivity contribution in [3.8, 4) is 0 Å². The van der Waals surface area contributed by atoms with Crippen LogP contribution >= 0.6 is 11.6 Å². The van der Waals surface area contributed by atoms with E-state index in [-0.39, 0.29) is 11.8 Å². The van der Waals surface area contributed by atoms with Crippen LogP contribution in [0.25, 0.3) is 0 Å². The highest BCUT2D eigenvalue weighted by molar-refractivity contribution is 6.30. The van der Waals surface area contributed by atoms with E-state index >= 15 is 0 Å². The number of halogens is 1. The van der Waals surface area contributed by atoms with Gasteiger partial charge in [-0.05, 0) is 24.3 Å². The van der Waals surface area contributed by atoms with Crippen molar-refractivity contribution in [1.82, 2.24) is 19.6 Å². The number of piperazine rings is 1. The molecule has 3 rings (SSSR count). The molecule has 1 saturated heterocycles. The summed E-state index contributed by atoms with van der Waals surface area (Å²) in [6, 6.07) is 6.85. The first-order valence-electron chi connectivity index (χ1n) is 7.37. The van der Waals surface area contributed by atoms with Gasteiger partial charge in [0.2, 0.25) is 0 Å². The standard InChI is InChI=1S/C16H17ClN4O2/c1-19-11-13(10-18-19)16(23)21-8-6-20(7-9-21)15(22)12-2-4-14(17)5-3-12/h2-5,10-11H,6-9H2,1H3. The minimum atomic E-state index is -0.0447. The maximum absolute atomic E-state index is 12.4. The van der Waals surface area contributed by atoms with Crippen LogP contribution in [0.2, 0.25) is 5.02 Å². The molecule has 0 aliphatic carbocycles. The Hall–Kier alpha value is -2.34. The van der Waals surface area contributed by atoms with E-state index in [0.29, 0.717) is 42.3 Å². The van der Waals surface area contributed by atoms with E-state index in [1.54, 1.807) is 58.2 Å². The first-order valence-corrected chi connectivity index (χ1v) is 7.75. The summed E-state index contributed by atoms with van der Waals surface area (Å²) in [6.45, 7) is 2.08. The zero-order valence-electron chi connectivity index (χ0n) is 12.8. The molecule has 1 aliphatic heterocycles. The van der Waals surface area contributed by atoms with Crippen LogP contribution in [0.15, 0.2) is 36.7 Å². The van der Waals surface area contributed by atoms with Crippen molar-refractivity contribution in [2.75, 3.05) is 26.2 Å². The number of benzene rings is 1. The largest absolute Gasteiger partial charge is 0.335 e. The van der Waals surface area contributed by atoms with Crippen LogP contribution in [0.5, 0.6) is 0 Å². The molecule has 0 unspecified atom stereocenters. The van der Waals surface area contributed by atoms with Crippen LogP contribution < -0.4 is 0 Å². The maximum Gasteiger partial charge on any atom is 0.257 e. The maximum atomic E-state index is 12.4. The lowest BCUT2D eigenvalue weighted by molar-refractivity contribution is 0.0535. The lowest BCUT2D eigenvalue weighted by Gasteiger charge is -2.34. The fraction of sp³-hybridized carbons (Fsp3) is 0.312. The molecule has 0 spiro atoms. The van der Waals surface area contributed by atoms with Gasteiger partial charge in [-0.1, -0.05) is 11.6 Å². The van der Waals surface area contributed by atoms with Gasteiger partial charge in [-0.15, -0.1) is 0 Å². The van der Waals surface area contributed by atoms with Gasteiger partial charge in [-0.25, -0.2) is 0 Å². The molecule has 0 bridgehead atoms. The average Bonchev–Trinajstić information content (AvgIpc) is 3.01. The number of nitrogens with zero attached hydrogens (tertiary/aromatic N) is 4. The topological polar surface area (TPSA) is 58.4 Å². The highest BCUT2D eigenvalue weighted by Gasteiger charge is 2.25. The third kappa shape index (κ3) is 3.37. The smallest absolute Gasteiger partial charge is 0.257 e. The molecule has 120 valence electrons. The number of hydrogen-bond acceptors (Lipinski definition) is 3. The van der Waals surface area contributed by atoms with Gasteiger partial charge in [0, 0.05) is 50.0 Å². The molecule has 0 radical (unpaired) electrons. The Labute approximate surface area is 139 Å². The normalized spacial score (nSPS) is 14.9. The molecular weight excluding hydrogens is 316 g/mol. The first kappa shape index (κ1) is 15.6. The van der Waals surface area contributed by atoms with E-state index < -0.39 is 0 Å². The van der Waals surface area contributed by atoms with Gasteiger partial charge in [0.05, 0.1) is 11.8 Å². The summed E-state index contributed by atoms with van der Waals surface area (Å²) in [5.41, 5.74) is 1.19. The van der Waals surface area contributed by atoms with Crippen molar-refractivity contribution < 1.29 is 9.59 Å². The summed E-state index contributed by atoms with van der Waals surface area (Å²) >= 11 is 5.84. The zero-order chi connectivity index (χ0) is 16.4. The van der Waals surface area contributed by atoms with Crippen LogP contribution in [-0.4, -0.2) is 57.6 Å². The summed E-state index contributed by atoms with van der Waals surface area (Å²) in [7, 11) is 1.78. The van der Waals surface area contributed by atoms with E-state index in [2.05, 4.69) is 5.10 Å². The number of amides is 2. The Morgan fingerprint density at radius 1 is 0.957 bits per heavy atom. The lowest BCUT2D eigenvalue weighted by atomic mass is 10.1. The summed E-state index contributed by atoms with van der Waals surface area (Å²) in [4.78, 5) is 28.3. The third-order valence-corrected chi connectivity index (χ3v) is 4.15. The van der Waals surface area contributed by atoms with Gasteiger partial charge in [0.15, 0.2) is 0 Å². The van der Waals surface area contributed by atoms with Gasteiger partial charge >= 0.3 is 0 Å². The fourth-order valence-electron chi connectivity index (χ4n) is 2.60. The molecule has 0 atom stereocenters. The van der Waals surface area contributed by atoms with Crippen LogP contribution in [0.3, 0.4) is 0 Å². The number of hydrogen-bond donors (Lipinski definition) is 0. The summed E-state index contributed by atoms with van der Waals surface area (Å²) in [5.74, 6) is -0.0770. The Morgan fingerprint density at radius 3 is 1.96 bits per heavy atom. The second kappa shape index (κ2) is 6.42. The van der Waals surface area contributed by atoms with Crippen molar-refractivity contribution in [1.29, 1.82) is 0 Å². The van der Waals surface area contributed by atoms with Gasteiger partial charge in [0.1, 0.15) is 0 Å². The van der Waals surface area contributed by atoms with E-state index in [4.69, 9.17) is 11.6 Å². The predicted octanol–water partition coefficient (Wildman–Crippen LogP) is 1.67. The molecule has 2 amide bonds. The molecule has 2 aromatic rings. The molecule has 1 aromatic heterocycles. The van der Waals surface area contributed by atoms with E-state index in [0.717, 1.165) is 0 Å². The van der Waals surface area contributed by atoms with Gasteiger partial charge in [0.25, 0.3) is 11.8 Å². The molecule has 1 aromatic carbocycles. The number of carbonyl (C=O) groups excluding carboxylic acids is 2. The Kier molecular flexibility index (Phi) is 4.34. The number of aromatic nitrogens is 2. The third-order valence-electron chi connectivity index (χ3n) is 3.90. The van der Waals surface area contributed by atoms with Crippen LogP contribution in [-0.2, 0) is 7.05 Å². The minimum absolute atomic E-state index is 0.0323. The van der Waals surface area contributed by atoms with Crippen molar-refractivity contribution in [3.05, 3.63) is 52.8 Å². The monoisotopic (exact) mass is 332 g/mol. The molecule has 0 N–H and O–H groups in total. The lowest BCUT2D eigenvalue weighted by Crippen LogP contribution is -2.50. The molecule has 1 aliphatic rings. The van der Waals surface area contributed by atoms with Gasteiger partial charge in [-0.2, -0.15) is 5.10 Å². The van der Waals surface area contributed by atoms with Crippen molar-refractivity contribution in [2.24, 2.45) is 7.05 Å². The highest BCUT2D eigenvalue weighted by Crippen LogP contribution is 2.14. The van der Waals surface area contributed by atoms with Gasteiger partial charge in [-0.3, -0.25) is 14.3 Å².